The van der Waals surface area contributed by atoms with Gasteiger partial charge in [0.25, 0.3) is 0 Å². The maximum atomic E-state index is 10.2. The molecule has 4 rings (SSSR count). The standard InChI is InChI=1S/C19H30N4O/c1-12(2)18-16(24)5-4-14(22-18)15-10-20-11-17(21-15)23(3)13-8-19(9-13)6-7-19/h10-14,16,18,22,24H,4-9H2,1-3H3. The molecule has 3 aliphatic rings. The van der Waals surface area contributed by atoms with Crippen molar-refractivity contribution in [1.29, 1.82) is 0 Å². The Hall–Kier alpha value is -1.20. The molecule has 2 N–H and O–H groups in total. The average molecular weight is 330 g/mol. The van der Waals surface area contributed by atoms with E-state index in [-0.39, 0.29) is 18.2 Å². The lowest BCUT2D eigenvalue weighted by Gasteiger charge is -2.42. The first-order valence-electron chi connectivity index (χ1n) is 9.46. The van der Waals surface area contributed by atoms with E-state index in [1.54, 1.807) is 0 Å². The van der Waals surface area contributed by atoms with Gasteiger partial charge in [-0.25, -0.2) is 4.98 Å². The minimum absolute atomic E-state index is 0.133. The molecule has 2 aliphatic carbocycles. The third-order valence-electron chi connectivity index (χ3n) is 6.48. The Morgan fingerprint density at radius 1 is 1.25 bits per heavy atom. The Morgan fingerprint density at radius 3 is 2.67 bits per heavy atom. The molecule has 0 aromatic carbocycles. The highest BCUT2D eigenvalue weighted by molar-refractivity contribution is 5.39. The quantitative estimate of drug-likeness (QED) is 0.889. The number of aliphatic hydroxyl groups is 1. The summed E-state index contributed by atoms with van der Waals surface area (Å²) in [5.41, 5.74) is 1.72. The third kappa shape index (κ3) is 2.93. The van der Waals surface area contributed by atoms with E-state index >= 15 is 0 Å². The number of hydrogen-bond donors (Lipinski definition) is 2. The fraction of sp³-hybridized carbons (Fsp3) is 0.789. The summed E-state index contributed by atoms with van der Waals surface area (Å²) in [6.45, 7) is 4.31. The number of piperidine rings is 1. The molecule has 1 saturated heterocycles. The highest BCUT2D eigenvalue weighted by atomic mass is 16.3. The first-order valence-corrected chi connectivity index (χ1v) is 9.46. The number of rotatable bonds is 4. The highest BCUT2D eigenvalue weighted by Gasteiger charge is 2.54. The molecule has 2 saturated carbocycles. The Bertz CT molecular complexity index is 593. The van der Waals surface area contributed by atoms with Crippen LogP contribution in [0.4, 0.5) is 5.82 Å². The van der Waals surface area contributed by atoms with Crippen LogP contribution in [0.25, 0.3) is 0 Å². The van der Waals surface area contributed by atoms with E-state index in [0.29, 0.717) is 17.4 Å². The molecule has 0 radical (unpaired) electrons. The van der Waals surface area contributed by atoms with Crippen LogP contribution >= 0.6 is 0 Å². The molecule has 0 bridgehead atoms. The smallest absolute Gasteiger partial charge is 0.147 e. The van der Waals surface area contributed by atoms with Gasteiger partial charge < -0.3 is 15.3 Å². The predicted octanol–water partition coefficient (Wildman–Crippen LogP) is 2.67. The summed E-state index contributed by atoms with van der Waals surface area (Å²) in [6.07, 6.45) is 10.7. The van der Waals surface area contributed by atoms with Crippen LogP contribution in [0.1, 0.15) is 64.1 Å². The van der Waals surface area contributed by atoms with Crippen LogP contribution in [0.2, 0.25) is 0 Å². The van der Waals surface area contributed by atoms with Crippen LogP contribution in [-0.2, 0) is 0 Å². The second-order valence-electron chi connectivity index (χ2n) is 8.61. The Morgan fingerprint density at radius 2 is 2.00 bits per heavy atom. The van der Waals surface area contributed by atoms with E-state index in [0.717, 1.165) is 24.4 Å². The monoisotopic (exact) mass is 330 g/mol. The Labute approximate surface area is 144 Å². The van der Waals surface area contributed by atoms with Crippen molar-refractivity contribution in [1.82, 2.24) is 15.3 Å². The van der Waals surface area contributed by atoms with Crippen LogP contribution in [-0.4, -0.2) is 40.3 Å². The van der Waals surface area contributed by atoms with E-state index < -0.39 is 0 Å². The van der Waals surface area contributed by atoms with Crippen molar-refractivity contribution >= 4 is 5.82 Å². The van der Waals surface area contributed by atoms with E-state index in [2.05, 4.69) is 36.1 Å². The van der Waals surface area contributed by atoms with E-state index in [4.69, 9.17) is 4.98 Å². The summed E-state index contributed by atoms with van der Waals surface area (Å²) < 4.78 is 0. The minimum Gasteiger partial charge on any atom is -0.391 e. The van der Waals surface area contributed by atoms with Gasteiger partial charge in [-0.15, -0.1) is 0 Å². The molecular formula is C19H30N4O. The topological polar surface area (TPSA) is 61.3 Å². The van der Waals surface area contributed by atoms with Gasteiger partial charge in [-0.2, -0.15) is 0 Å². The molecule has 1 aliphatic heterocycles. The second kappa shape index (κ2) is 5.95. The van der Waals surface area contributed by atoms with Crippen molar-refractivity contribution in [2.45, 2.75) is 76.6 Å². The summed E-state index contributed by atoms with van der Waals surface area (Å²) >= 11 is 0. The molecule has 3 fully saturated rings. The van der Waals surface area contributed by atoms with Gasteiger partial charge in [0.05, 0.1) is 30.2 Å². The average Bonchev–Trinajstić information content (AvgIpc) is 3.34. The fourth-order valence-corrected chi connectivity index (χ4v) is 4.51. The summed E-state index contributed by atoms with van der Waals surface area (Å²) in [4.78, 5) is 11.7. The maximum Gasteiger partial charge on any atom is 0.147 e. The number of anilines is 1. The molecule has 0 amide bonds. The number of aliphatic hydroxyl groups excluding tert-OH is 1. The zero-order valence-corrected chi connectivity index (χ0v) is 15.1. The molecular weight excluding hydrogens is 300 g/mol. The lowest BCUT2D eigenvalue weighted by Crippen LogP contribution is -2.49. The molecule has 1 spiro atoms. The Balaban J connectivity index is 1.46. The van der Waals surface area contributed by atoms with Crippen LogP contribution in [0.3, 0.4) is 0 Å². The summed E-state index contributed by atoms with van der Waals surface area (Å²) in [5.74, 6) is 1.40. The van der Waals surface area contributed by atoms with Crippen molar-refractivity contribution in [2.24, 2.45) is 11.3 Å². The third-order valence-corrected chi connectivity index (χ3v) is 6.48. The number of hydrogen-bond acceptors (Lipinski definition) is 5. The van der Waals surface area contributed by atoms with Crippen molar-refractivity contribution in [3.05, 3.63) is 18.1 Å². The summed E-state index contributed by atoms with van der Waals surface area (Å²) in [7, 11) is 2.16. The SMILES string of the molecule is CC(C)C1NC(c2cncc(N(C)C3CC4(CC4)C3)n2)CCC1O. The van der Waals surface area contributed by atoms with Crippen molar-refractivity contribution < 1.29 is 5.11 Å². The van der Waals surface area contributed by atoms with E-state index in [1.807, 2.05) is 12.4 Å². The van der Waals surface area contributed by atoms with Gasteiger partial charge in [-0.05, 0) is 49.9 Å². The van der Waals surface area contributed by atoms with Gasteiger partial charge in [0.2, 0.25) is 0 Å². The first kappa shape index (κ1) is 16.3. The maximum absolute atomic E-state index is 10.2. The van der Waals surface area contributed by atoms with Gasteiger partial charge in [0.1, 0.15) is 5.82 Å². The van der Waals surface area contributed by atoms with Crippen molar-refractivity contribution in [3.63, 3.8) is 0 Å². The predicted molar refractivity (Wildman–Crippen MR) is 94.9 cm³/mol. The molecule has 2 heterocycles. The lowest BCUT2D eigenvalue weighted by atomic mass is 9.76. The normalized spacial score (nSPS) is 32.0. The zero-order chi connectivity index (χ0) is 16.9. The van der Waals surface area contributed by atoms with Crippen molar-refractivity contribution in [3.8, 4) is 0 Å². The van der Waals surface area contributed by atoms with Gasteiger partial charge >= 0.3 is 0 Å². The minimum atomic E-state index is -0.259. The van der Waals surface area contributed by atoms with Crippen LogP contribution < -0.4 is 10.2 Å². The number of nitrogens with zero attached hydrogens (tertiary/aromatic N) is 3. The van der Waals surface area contributed by atoms with Gasteiger partial charge in [-0.3, -0.25) is 4.98 Å². The van der Waals surface area contributed by atoms with Gasteiger partial charge in [0, 0.05) is 19.1 Å². The number of nitrogens with one attached hydrogen (secondary N) is 1. The second-order valence-corrected chi connectivity index (χ2v) is 8.61. The molecule has 5 nitrogen and oxygen atoms in total. The van der Waals surface area contributed by atoms with Crippen LogP contribution in [0.15, 0.2) is 12.4 Å². The van der Waals surface area contributed by atoms with Gasteiger partial charge in [-0.1, -0.05) is 13.8 Å². The fourth-order valence-electron chi connectivity index (χ4n) is 4.51. The molecule has 3 atom stereocenters. The van der Waals surface area contributed by atoms with Crippen LogP contribution in [0, 0.1) is 11.3 Å². The number of aromatic nitrogens is 2. The molecule has 24 heavy (non-hydrogen) atoms. The summed E-state index contributed by atoms with van der Waals surface area (Å²) in [5, 5.41) is 13.8. The van der Waals surface area contributed by atoms with E-state index in [9.17, 15) is 5.11 Å². The Kier molecular flexibility index (Phi) is 4.04. The highest BCUT2D eigenvalue weighted by Crippen LogP contribution is 2.61. The molecule has 1 aromatic rings. The van der Waals surface area contributed by atoms with E-state index in [1.165, 1.54) is 25.7 Å². The summed E-state index contributed by atoms with van der Waals surface area (Å²) in [6, 6.07) is 0.952. The van der Waals surface area contributed by atoms with Crippen LogP contribution in [0.5, 0.6) is 0 Å². The molecule has 5 heteroatoms. The van der Waals surface area contributed by atoms with Gasteiger partial charge in [0.15, 0.2) is 0 Å². The molecule has 1 aromatic heterocycles. The zero-order valence-electron chi connectivity index (χ0n) is 15.1. The van der Waals surface area contributed by atoms with Crippen molar-refractivity contribution in [2.75, 3.05) is 11.9 Å². The first-order chi connectivity index (χ1) is 11.5. The lowest BCUT2D eigenvalue weighted by molar-refractivity contribution is 0.0583. The molecule has 3 unspecified atom stereocenters. The largest absolute Gasteiger partial charge is 0.391 e. The molecule has 132 valence electrons.